The highest BCUT2D eigenvalue weighted by atomic mass is 79.9. The molecule has 0 aromatic heterocycles. The molecule has 1 heterocycles. The highest BCUT2D eigenvalue weighted by Crippen LogP contribution is 2.26. The van der Waals surface area contributed by atoms with Crippen LogP contribution in [0.5, 0.6) is 0 Å². The van der Waals surface area contributed by atoms with Crippen LogP contribution in [0.25, 0.3) is 0 Å². The van der Waals surface area contributed by atoms with Gasteiger partial charge in [-0.15, -0.1) is 0 Å². The first-order chi connectivity index (χ1) is 8.63. The van der Waals surface area contributed by atoms with Crippen LogP contribution in [0.1, 0.15) is 12.0 Å². The lowest BCUT2D eigenvalue weighted by Gasteiger charge is -2.22. The minimum absolute atomic E-state index is 0.0331. The van der Waals surface area contributed by atoms with Gasteiger partial charge in [-0.3, -0.25) is 0 Å². The van der Waals surface area contributed by atoms with Gasteiger partial charge in [0.25, 0.3) is 0 Å². The Kier molecular flexibility index (Phi) is 4.70. The zero-order valence-corrected chi connectivity index (χ0v) is 11.8. The third-order valence-corrected chi connectivity index (χ3v) is 4.08. The molecule has 1 aromatic carbocycles. The molecule has 0 amide bonds. The van der Waals surface area contributed by atoms with Crippen molar-refractivity contribution in [1.29, 1.82) is 0 Å². The average molecular weight is 320 g/mol. The second-order valence-corrected chi connectivity index (χ2v) is 5.40. The molecule has 2 nitrogen and oxygen atoms in total. The first kappa shape index (κ1) is 13.9. The molecular weight excluding hydrogens is 304 g/mol. The molecule has 0 bridgehead atoms. The van der Waals surface area contributed by atoms with Crippen molar-refractivity contribution < 1.29 is 13.5 Å². The van der Waals surface area contributed by atoms with E-state index in [0.29, 0.717) is 23.4 Å². The van der Waals surface area contributed by atoms with Crippen LogP contribution in [0.3, 0.4) is 0 Å². The summed E-state index contributed by atoms with van der Waals surface area (Å²) in [6.45, 7) is 1.38. The van der Waals surface area contributed by atoms with E-state index < -0.39 is 11.6 Å². The SMILES string of the molecule is CNC(Cc1c(F)ccc(Br)c1F)C1CCOC1. The number of benzene rings is 1. The molecule has 2 rings (SSSR count). The van der Waals surface area contributed by atoms with E-state index >= 15 is 0 Å². The molecule has 2 unspecified atom stereocenters. The van der Waals surface area contributed by atoms with Crippen molar-refractivity contribution in [3.05, 3.63) is 33.8 Å². The molecule has 5 heteroatoms. The van der Waals surface area contributed by atoms with Crippen LogP contribution in [-0.2, 0) is 11.2 Å². The van der Waals surface area contributed by atoms with Gasteiger partial charge in [0, 0.05) is 24.1 Å². The second-order valence-electron chi connectivity index (χ2n) is 4.54. The molecule has 0 spiro atoms. The van der Waals surface area contributed by atoms with Crippen molar-refractivity contribution in [1.82, 2.24) is 5.32 Å². The Balaban J connectivity index is 2.18. The molecule has 1 aromatic rings. The van der Waals surface area contributed by atoms with Crippen LogP contribution < -0.4 is 5.32 Å². The Morgan fingerprint density at radius 3 is 2.89 bits per heavy atom. The Morgan fingerprint density at radius 2 is 2.28 bits per heavy atom. The van der Waals surface area contributed by atoms with E-state index in [1.54, 1.807) is 0 Å². The third-order valence-electron chi connectivity index (χ3n) is 3.47. The van der Waals surface area contributed by atoms with Gasteiger partial charge < -0.3 is 10.1 Å². The van der Waals surface area contributed by atoms with E-state index in [9.17, 15) is 8.78 Å². The van der Waals surface area contributed by atoms with Gasteiger partial charge in [0.1, 0.15) is 11.6 Å². The number of likely N-dealkylation sites (N-methyl/N-ethyl adjacent to an activating group) is 1. The summed E-state index contributed by atoms with van der Waals surface area (Å²) in [5.41, 5.74) is 0.135. The van der Waals surface area contributed by atoms with E-state index in [2.05, 4.69) is 21.2 Å². The Hall–Kier alpha value is -0.520. The quantitative estimate of drug-likeness (QED) is 0.862. The highest BCUT2D eigenvalue weighted by molar-refractivity contribution is 9.10. The van der Waals surface area contributed by atoms with E-state index in [4.69, 9.17) is 4.74 Å². The van der Waals surface area contributed by atoms with Crippen molar-refractivity contribution in [3.63, 3.8) is 0 Å². The van der Waals surface area contributed by atoms with Crippen molar-refractivity contribution >= 4 is 15.9 Å². The molecule has 0 aliphatic carbocycles. The van der Waals surface area contributed by atoms with Crippen LogP contribution in [0.2, 0.25) is 0 Å². The molecule has 1 saturated heterocycles. The van der Waals surface area contributed by atoms with E-state index in [1.807, 2.05) is 7.05 Å². The molecule has 100 valence electrons. The van der Waals surface area contributed by atoms with Gasteiger partial charge in [-0.05, 0) is 48.0 Å². The summed E-state index contributed by atoms with van der Waals surface area (Å²) < 4.78 is 33.2. The molecule has 1 N–H and O–H groups in total. The van der Waals surface area contributed by atoms with Gasteiger partial charge in [0.05, 0.1) is 11.1 Å². The van der Waals surface area contributed by atoms with Gasteiger partial charge >= 0.3 is 0 Å². The molecule has 1 fully saturated rings. The van der Waals surface area contributed by atoms with Crippen molar-refractivity contribution in [3.8, 4) is 0 Å². The summed E-state index contributed by atoms with van der Waals surface area (Å²) in [5.74, 6) is -0.684. The van der Waals surface area contributed by atoms with E-state index in [0.717, 1.165) is 13.0 Å². The number of halogens is 3. The second kappa shape index (κ2) is 6.08. The van der Waals surface area contributed by atoms with Crippen LogP contribution in [0, 0.1) is 17.6 Å². The lowest BCUT2D eigenvalue weighted by molar-refractivity contribution is 0.177. The maximum absolute atomic E-state index is 13.9. The molecular formula is C13H16BrF2NO. The zero-order valence-electron chi connectivity index (χ0n) is 10.2. The summed E-state index contributed by atoms with van der Waals surface area (Å²) in [6, 6.07) is 2.72. The molecule has 1 aliphatic heterocycles. The lowest BCUT2D eigenvalue weighted by atomic mass is 9.92. The molecule has 0 saturated carbocycles. The maximum atomic E-state index is 13.9. The van der Waals surface area contributed by atoms with Gasteiger partial charge in [-0.25, -0.2) is 8.78 Å². The van der Waals surface area contributed by atoms with E-state index in [-0.39, 0.29) is 11.6 Å². The average Bonchev–Trinajstić information content (AvgIpc) is 2.88. The largest absolute Gasteiger partial charge is 0.381 e. The Labute approximate surface area is 114 Å². The van der Waals surface area contributed by atoms with E-state index in [1.165, 1.54) is 12.1 Å². The van der Waals surface area contributed by atoms with Crippen LogP contribution in [0.4, 0.5) is 8.78 Å². The third kappa shape index (κ3) is 2.90. The zero-order chi connectivity index (χ0) is 13.1. The monoisotopic (exact) mass is 319 g/mol. The van der Waals surface area contributed by atoms with Gasteiger partial charge in [0.2, 0.25) is 0 Å². The fourth-order valence-electron chi connectivity index (χ4n) is 2.35. The van der Waals surface area contributed by atoms with Crippen LogP contribution in [-0.4, -0.2) is 26.3 Å². The standard InChI is InChI=1S/C13H16BrF2NO/c1-17-12(8-4-5-18-7-8)6-9-11(15)3-2-10(14)13(9)16/h2-3,8,12,17H,4-7H2,1H3. The number of nitrogens with one attached hydrogen (secondary N) is 1. The Bertz CT molecular complexity index is 422. The maximum Gasteiger partial charge on any atom is 0.143 e. The van der Waals surface area contributed by atoms with Crippen molar-refractivity contribution in [2.75, 3.05) is 20.3 Å². The Morgan fingerprint density at radius 1 is 1.50 bits per heavy atom. The fourth-order valence-corrected chi connectivity index (χ4v) is 2.72. The summed E-state index contributed by atoms with van der Waals surface area (Å²) in [4.78, 5) is 0. The minimum Gasteiger partial charge on any atom is -0.381 e. The topological polar surface area (TPSA) is 21.3 Å². The van der Waals surface area contributed by atoms with Crippen molar-refractivity contribution in [2.45, 2.75) is 18.9 Å². The van der Waals surface area contributed by atoms with Crippen LogP contribution in [0.15, 0.2) is 16.6 Å². The first-order valence-electron chi connectivity index (χ1n) is 6.01. The van der Waals surface area contributed by atoms with Gasteiger partial charge in [0.15, 0.2) is 0 Å². The lowest BCUT2D eigenvalue weighted by Crippen LogP contribution is -2.36. The predicted molar refractivity (Wildman–Crippen MR) is 69.5 cm³/mol. The number of hydrogen-bond donors (Lipinski definition) is 1. The van der Waals surface area contributed by atoms with Crippen LogP contribution >= 0.6 is 15.9 Å². The molecule has 18 heavy (non-hydrogen) atoms. The van der Waals surface area contributed by atoms with Crippen molar-refractivity contribution in [2.24, 2.45) is 5.92 Å². The highest BCUT2D eigenvalue weighted by Gasteiger charge is 2.27. The number of rotatable bonds is 4. The predicted octanol–water partition coefficient (Wildman–Crippen LogP) is 2.89. The van der Waals surface area contributed by atoms with Gasteiger partial charge in [-0.1, -0.05) is 0 Å². The normalized spacial score (nSPS) is 21.2. The molecule has 0 radical (unpaired) electrons. The summed E-state index contributed by atoms with van der Waals surface area (Å²) >= 11 is 3.09. The fraction of sp³-hybridized carbons (Fsp3) is 0.538. The summed E-state index contributed by atoms with van der Waals surface area (Å²) in [6.07, 6.45) is 1.27. The minimum atomic E-state index is -0.505. The van der Waals surface area contributed by atoms with Gasteiger partial charge in [-0.2, -0.15) is 0 Å². The molecule has 2 atom stereocenters. The smallest absolute Gasteiger partial charge is 0.143 e. The first-order valence-corrected chi connectivity index (χ1v) is 6.80. The number of ether oxygens (including phenoxy) is 1. The summed E-state index contributed by atoms with van der Waals surface area (Å²) in [5, 5.41) is 3.14. The molecule has 1 aliphatic rings. The number of hydrogen-bond acceptors (Lipinski definition) is 2. The summed E-state index contributed by atoms with van der Waals surface area (Å²) in [7, 11) is 1.82.